The monoisotopic (exact) mass is 261 g/mol. The van der Waals surface area contributed by atoms with Crippen LogP contribution in [0.2, 0.25) is 0 Å². The molecule has 4 heteroatoms. The molecule has 1 aliphatic rings. The lowest BCUT2D eigenvalue weighted by Gasteiger charge is -2.24. The molecule has 1 fully saturated rings. The van der Waals surface area contributed by atoms with Crippen molar-refractivity contribution >= 4 is 5.84 Å². The molecule has 0 aromatic heterocycles. The summed E-state index contributed by atoms with van der Waals surface area (Å²) in [6.45, 7) is 6.57. The standard InChI is InChI=1S/C15H23N3O/c1-11(2)9-18(14-6-7-14)10-12-4-3-5-13(8-12)15(16)17-19/h3-5,8,11,14,19H,6-7,9-10H2,1-2H3,(H2,16,17). The van der Waals surface area contributed by atoms with Gasteiger partial charge in [0, 0.05) is 24.7 Å². The number of hydrogen-bond donors (Lipinski definition) is 2. The van der Waals surface area contributed by atoms with Gasteiger partial charge in [0.2, 0.25) is 0 Å². The van der Waals surface area contributed by atoms with Crippen molar-refractivity contribution in [1.29, 1.82) is 0 Å². The largest absolute Gasteiger partial charge is 0.409 e. The lowest BCUT2D eigenvalue weighted by atomic mass is 10.1. The Labute approximate surface area is 114 Å². The van der Waals surface area contributed by atoms with Gasteiger partial charge in [-0.15, -0.1) is 0 Å². The molecule has 2 rings (SSSR count). The van der Waals surface area contributed by atoms with Crippen LogP contribution in [-0.4, -0.2) is 28.5 Å². The van der Waals surface area contributed by atoms with Crippen molar-refractivity contribution in [2.45, 2.75) is 39.3 Å². The molecule has 1 saturated carbocycles. The summed E-state index contributed by atoms with van der Waals surface area (Å²) in [6, 6.07) is 8.68. The quantitative estimate of drug-likeness (QED) is 0.358. The van der Waals surface area contributed by atoms with Crippen molar-refractivity contribution in [2.75, 3.05) is 6.54 Å². The van der Waals surface area contributed by atoms with E-state index in [1.165, 1.54) is 18.4 Å². The van der Waals surface area contributed by atoms with Gasteiger partial charge in [0.05, 0.1) is 0 Å². The fourth-order valence-electron chi connectivity index (χ4n) is 2.37. The highest BCUT2D eigenvalue weighted by Gasteiger charge is 2.29. The van der Waals surface area contributed by atoms with Crippen molar-refractivity contribution in [3.05, 3.63) is 35.4 Å². The molecular weight excluding hydrogens is 238 g/mol. The number of oxime groups is 1. The minimum Gasteiger partial charge on any atom is -0.409 e. The second-order valence-electron chi connectivity index (χ2n) is 5.74. The molecule has 0 bridgehead atoms. The first-order valence-corrected chi connectivity index (χ1v) is 6.91. The second-order valence-corrected chi connectivity index (χ2v) is 5.74. The number of nitrogens with two attached hydrogens (primary N) is 1. The van der Waals surface area contributed by atoms with Crippen LogP contribution in [0.5, 0.6) is 0 Å². The second kappa shape index (κ2) is 6.06. The summed E-state index contributed by atoms with van der Waals surface area (Å²) in [6.07, 6.45) is 2.62. The van der Waals surface area contributed by atoms with Crippen LogP contribution in [0.3, 0.4) is 0 Å². The molecule has 1 aliphatic carbocycles. The Balaban J connectivity index is 2.08. The Bertz CT molecular complexity index is 452. The molecule has 0 radical (unpaired) electrons. The lowest BCUT2D eigenvalue weighted by Crippen LogP contribution is -2.29. The molecule has 4 nitrogen and oxygen atoms in total. The normalized spacial score (nSPS) is 16.3. The maximum absolute atomic E-state index is 8.73. The summed E-state index contributed by atoms with van der Waals surface area (Å²) in [4.78, 5) is 2.54. The van der Waals surface area contributed by atoms with Crippen LogP contribution in [0.4, 0.5) is 0 Å². The first kappa shape index (κ1) is 13.9. The van der Waals surface area contributed by atoms with Crippen molar-refractivity contribution in [1.82, 2.24) is 4.90 Å². The van der Waals surface area contributed by atoms with Crippen LogP contribution < -0.4 is 5.73 Å². The minimum atomic E-state index is 0.170. The molecular formula is C15H23N3O. The van der Waals surface area contributed by atoms with E-state index >= 15 is 0 Å². The molecule has 0 amide bonds. The van der Waals surface area contributed by atoms with E-state index in [1.807, 2.05) is 18.2 Å². The van der Waals surface area contributed by atoms with Gasteiger partial charge in [-0.3, -0.25) is 4.90 Å². The molecule has 0 aliphatic heterocycles. The van der Waals surface area contributed by atoms with E-state index in [-0.39, 0.29) is 5.84 Å². The van der Waals surface area contributed by atoms with Crippen LogP contribution in [0, 0.1) is 5.92 Å². The summed E-state index contributed by atoms with van der Waals surface area (Å²) in [5.41, 5.74) is 7.63. The molecule has 1 aromatic rings. The smallest absolute Gasteiger partial charge is 0.170 e. The average molecular weight is 261 g/mol. The van der Waals surface area contributed by atoms with Crippen LogP contribution in [0.15, 0.2) is 29.4 Å². The summed E-state index contributed by atoms with van der Waals surface area (Å²) in [5.74, 6) is 0.844. The molecule has 3 N–H and O–H groups in total. The Morgan fingerprint density at radius 2 is 2.21 bits per heavy atom. The Morgan fingerprint density at radius 3 is 2.79 bits per heavy atom. The van der Waals surface area contributed by atoms with Gasteiger partial charge in [-0.2, -0.15) is 0 Å². The van der Waals surface area contributed by atoms with Gasteiger partial charge < -0.3 is 10.9 Å². The van der Waals surface area contributed by atoms with Crippen molar-refractivity contribution in [3.8, 4) is 0 Å². The van der Waals surface area contributed by atoms with Gasteiger partial charge >= 0.3 is 0 Å². The fraction of sp³-hybridized carbons (Fsp3) is 0.533. The Hall–Kier alpha value is -1.55. The molecule has 0 saturated heterocycles. The van der Waals surface area contributed by atoms with Crippen molar-refractivity contribution < 1.29 is 5.21 Å². The molecule has 1 aromatic carbocycles. The predicted octanol–water partition coefficient (Wildman–Crippen LogP) is 2.40. The third-order valence-corrected chi connectivity index (χ3v) is 3.38. The zero-order chi connectivity index (χ0) is 13.8. The molecule has 0 heterocycles. The van der Waals surface area contributed by atoms with E-state index < -0.39 is 0 Å². The van der Waals surface area contributed by atoms with E-state index in [4.69, 9.17) is 10.9 Å². The van der Waals surface area contributed by atoms with E-state index in [1.54, 1.807) is 0 Å². The van der Waals surface area contributed by atoms with Gasteiger partial charge in [-0.1, -0.05) is 37.2 Å². The van der Waals surface area contributed by atoms with Crippen LogP contribution in [0.1, 0.15) is 37.8 Å². The number of benzene rings is 1. The van der Waals surface area contributed by atoms with E-state index in [0.717, 1.165) is 24.7 Å². The highest BCUT2D eigenvalue weighted by molar-refractivity contribution is 5.97. The van der Waals surface area contributed by atoms with E-state index in [2.05, 4.69) is 30.0 Å². The summed E-state index contributed by atoms with van der Waals surface area (Å²) in [7, 11) is 0. The summed E-state index contributed by atoms with van der Waals surface area (Å²) in [5, 5.41) is 11.8. The highest BCUT2D eigenvalue weighted by atomic mass is 16.4. The van der Waals surface area contributed by atoms with Crippen molar-refractivity contribution in [3.63, 3.8) is 0 Å². The topological polar surface area (TPSA) is 61.8 Å². The van der Waals surface area contributed by atoms with Gasteiger partial charge in [0.15, 0.2) is 5.84 Å². The van der Waals surface area contributed by atoms with Crippen molar-refractivity contribution in [2.24, 2.45) is 16.8 Å². The molecule has 0 spiro atoms. The SMILES string of the molecule is CC(C)CN(Cc1cccc(C(N)=NO)c1)C1CC1. The van der Waals surface area contributed by atoms with Crippen LogP contribution in [0.25, 0.3) is 0 Å². The number of rotatable bonds is 6. The third kappa shape index (κ3) is 3.96. The lowest BCUT2D eigenvalue weighted by molar-refractivity contribution is 0.226. The zero-order valence-electron chi connectivity index (χ0n) is 11.7. The highest BCUT2D eigenvalue weighted by Crippen LogP contribution is 2.29. The minimum absolute atomic E-state index is 0.170. The Morgan fingerprint density at radius 1 is 1.47 bits per heavy atom. The predicted molar refractivity (Wildman–Crippen MR) is 77.2 cm³/mol. The van der Waals surface area contributed by atoms with E-state index in [0.29, 0.717) is 5.92 Å². The fourth-order valence-corrected chi connectivity index (χ4v) is 2.37. The van der Waals surface area contributed by atoms with Gasteiger partial charge in [0.25, 0.3) is 0 Å². The molecule has 104 valence electrons. The maximum Gasteiger partial charge on any atom is 0.170 e. The third-order valence-electron chi connectivity index (χ3n) is 3.38. The van der Waals surface area contributed by atoms with Crippen LogP contribution in [-0.2, 0) is 6.54 Å². The first-order valence-electron chi connectivity index (χ1n) is 6.91. The average Bonchev–Trinajstić information content (AvgIpc) is 3.21. The van der Waals surface area contributed by atoms with Crippen LogP contribution >= 0.6 is 0 Å². The molecule has 19 heavy (non-hydrogen) atoms. The Kier molecular flexibility index (Phi) is 4.43. The zero-order valence-corrected chi connectivity index (χ0v) is 11.7. The van der Waals surface area contributed by atoms with Gasteiger partial charge in [0.1, 0.15) is 0 Å². The maximum atomic E-state index is 8.73. The number of amidine groups is 1. The van der Waals surface area contributed by atoms with Gasteiger partial charge in [-0.05, 0) is 30.4 Å². The number of nitrogens with zero attached hydrogens (tertiary/aromatic N) is 2. The van der Waals surface area contributed by atoms with E-state index in [9.17, 15) is 0 Å². The summed E-state index contributed by atoms with van der Waals surface area (Å²) < 4.78 is 0. The summed E-state index contributed by atoms with van der Waals surface area (Å²) >= 11 is 0. The molecule has 0 atom stereocenters. The first-order chi connectivity index (χ1) is 9.10. The molecule has 0 unspecified atom stereocenters. The number of hydrogen-bond acceptors (Lipinski definition) is 3. The van der Waals surface area contributed by atoms with Gasteiger partial charge in [-0.25, -0.2) is 0 Å².